The molecule has 1 atom stereocenters. The SMILES string of the molecule is CSCCn1nccc1C(=O)N[C@@H](CCCC(Cl)Cl)C(=O)Nc1ccc(-c2c(C)nn(COCC[Si](C)(C)C)c2C)c(F)n1. The first-order valence-corrected chi connectivity index (χ1v) is 20.5. The zero-order chi connectivity index (χ0) is 32.4. The number of aromatic nitrogens is 5. The number of alkyl halides is 2. The number of carbonyl (C=O) groups excluding carboxylic acids is 2. The Kier molecular flexibility index (Phi) is 13.7. The van der Waals surface area contributed by atoms with Crippen molar-refractivity contribution in [3.63, 3.8) is 0 Å². The maximum atomic E-state index is 15.4. The Labute approximate surface area is 273 Å². The number of nitrogens with one attached hydrogen (secondary N) is 2. The van der Waals surface area contributed by atoms with Gasteiger partial charge < -0.3 is 15.4 Å². The number of ether oxygens (including phenoxy) is 1. The number of hydrogen-bond acceptors (Lipinski definition) is 7. The number of aryl methyl sites for hydroxylation is 2. The van der Waals surface area contributed by atoms with Gasteiger partial charge in [-0.2, -0.15) is 26.3 Å². The summed E-state index contributed by atoms with van der Waals surface area (Å²) >= 11 is 13.4. The monoisotopic (exact) mass is 685 g/mol. The third-order valence-electron chi connectivity index (χ3n) is 6.95. The summed E-state index contributed by atoms with van der Waals surface area (Å²) in [5.41, 5.74) is 2.63. The van der Waals surface area contributed by atoms with Crippen LogP contribution < -0.4 is 10.6 Å². The molecular weight excluding hydrogens is 644 g/mol. The largest absolute Gasteiger partial charge is 0.360 e. The molecule has 242 valence electrons. The van der Waals surface area contributed by atoms with E-state index >= 15 is 4.39 Å². The Morgan fingerprint density at radius 3 is 2.55 bits per heavy atom. The van der Waals surface area contributed by atoms with Gasteiger partial charge in [-0.15, -0.1) is 23.2 Å². The van der Waals surface area contributed by atoms with E-state index in [1.165, 1.54) is 6.07 Å². The van der Waals surface area contributed by atoms with E-state index in [1.807, 2.05) is 20.1 Å². The Morgan fingerprint density at radius 2 is 1.89 bits per heavy atom. The summed E-state index contributed by atoms with van der Waals surface area (Å²) in [5, 5.41) is 14.2. The topological polar surface area (TPSA) is 116 Å². The highest BCUT2D eigenvalue weighted by atomic mass is 35.5. The number of hydrogen-bond donors (Lipinski definition) is 2. The van der Waals surface area contributed by atoms with Gasteiger partial charge in [-0.3, -0.25) is 14.3 Å². The highest BCUT2D eigenvalue weighted by Crippen LogP contribution is 2.29. The number of thioether (sulfide) groups is 1. The molecule has 0 bridgehead atoms. The van der Waals surface area contributed by atoms with E-state index < -0.39 is 36.7 Å². The van der Waals surface area contributed by atoms with Crippen LogP contribution in [0.25, 0.3) is 11.1 Å². The zero-order valence-corrected chi connectivity index (χ0v) is 29.5. The smallest absolute Gasteiger partial charge is 0.270 e. The summed E-state index contributed by atoms with van der Waals surface area (Å²) in [5.74, 6) is -0.939. The summed E-state index contributed by atoms with van der Waals surface area (Å²) in [6, 6.07) is 4.79. The summed E-state index contributed by atoms with van der Waals surface area (Å²) in [6.07, 6.45) is 4.69. The number of pyridine rings is 1. The van der Waals surface area contributed by atoms with Crippen LogP contribution in [-0.4, -0.2) is 73.9 Å². The van der Waals surface area contributed by atoms with Gasteiger partial charge in [0.05, 0.1) is 12.2 Å². The minimum atomic E-state index is -1.22. The molecule has 0 saturated carbocycles. The van der Waals surface area contributed by atoms with Crippen LogP contribution in [0.3, 0.4) is 0 Å². The number of rotatable bonds is 17. The fraction of sp³-hybridized carbons (Fsp3) is 0.552. The lowest BCUT2D eigenvalue weighted by molar-refractivity contribution is -0.118. The van der Waals surface area contributed by atoms with Gasteiger partial charge in [-0.05, 0) is 63.6 Å². The molecule has 0 unspecified atom stereocenters. The summed E-state index contributed by atoms with van der Waals surface area (Å²) in [6.45, 7) is 12.0. The first-order valence-electron chi connectivity index (χ1n) is 14.5. The minimum absolute atomic E-state index is 0.0189. The molecule has 3 aromatic heterocycles. The van der Waals surface area contributed by atoms with E-state index in [2.05, 4.69) is 45.5 Å². The van der Waals surface area contributed by atoms with Gasteiger partial charge in [-0.1, -0.05) is 19.6 Å². The van der Waals surface area contributed by atoms with Crippen LogP contribution in [0.5, 0.6) is 0 Å². The molecule has 0 aromatic carbocycles. The second kappa shape index (κ2) is 16.7. The van der Waals surface area contributed by atoms with Crippen LogP contribution in [0.4, 0.5) is 10.2 Å². The normalized spacial score (nSPS) is 12.5. The third kappa shape index (κ3) is 10.6. The molecule has 2 N–H and O–H groups in total. The number of halogens is 3. The van der Waals surface area contributed by atoms with Crippen molar-refractivity contribution in [2.75, 3.05) is 23.9 Å². The molecule has 0 fully saturated rings. The van der Waals surface area contributed by atoms with Gasteiger partial charge in [0.2, 0.25) is 11.9 Å². The van der Waals surface area contributed by atoms with Crippen LogP contribution in [0, 0.1) is 19.8 Å². The zero-order valence-electron chi connectivity index (χ0n) is 26.1. The molecule has 0 radical (unpaired) electrons. The molecule has 10 nitrogen and oxygen atoms in total. The second-order valence-electron chi connectivity index (χ2n) is 11.7. The molecule has 15 heteroatoms. The first-order chi connectivity index (χ1) is 20.8. The quantitative estimate of drug-likeness (QED) is 0.0743. The highest BCUT2D eigenvalue weighted by Gasteiger charge is 2.25. The number of nitrogens with zero attached hydrogens (tertiary/aromatic N) is 5. The molecule has 0 aliphatic heterocycles. The second-order valence-corrected chi connectivity index (χ2v) is 19.6. The van der Waals surface area contributed by atoms with Crippen molar-refractivity contribution < 1.29 is 18.7 Å². The van der Waals surface area contributed by atoms with Crippen molar-refractivity contribution >= 4 is 60.7 Å². The predicted molar refractivity (Wildman–Crippen MR) is 179 cm³/mol. The van der Waals surface area contributed by atoms with E-state index in [-0.39, 0.29) is 24.5 Å². The molecule has 0 aliphatic carbocycles. The standard InChI is InChI=1S/C29H42Cl2FN7O3SSi/c1-19-26(20(2)39(37-19)18-42-15-17-44(4,5)6)21-10-11-25(35-27(21)32)36-28(40)22(8-7-9-24(30)31)34-29(41)23-12-13-33-38(23)14-16-43-3/h10-13,22,24H,7-9,14-18H2,1-6H3,(H,34,41)(H,35,36,40)/t22-/m0/s1. The molecule has 3 rings (SSSR count). The molecular formula is C29H42Cl2FN7O3SSi. The van der Waals surface area contributed by atoms with Crippen molar-refractivity contribution in [1.82, 2.24) is 29.9 Å². The number of anilines is 1. The van der Waals surface area contributed by atoms with Gasteiger partial charge >= 0.3 is 0 Å². The molecule has 3 aromatic rings. The van der Waals surface area contributed by atoms with Crippen molar-refractivity contribution in [2.24, 2.45) is 0 Å². The average molecular weight is 687 g/mol. The lowest BCUT2D eigenvalue weighted by atomic mass is 10.1. The average Bonchev–Trinajstić information content (AvgIpc) is 3.52. The van der Waals surface area contributed by atoms with Crippen LogP contribution in [0.2, 0.25) is 25.7 Å². The van der Waals surface area contributed by atoms with Crippen LogP contribution >= 0.6 is 35.0 Å². The van der Waals surface area contributed by atoms with Crippen molar-refractivity contribution in [3.8, 4) is 11.1 Å². The summed E-state index contributed by atoms with van der Waals surface area (Å²) in [4.78, 5) is 29.8. The fourth-order valence-corrected chi connectivity index (χ4v) is 5.93. The Bertz CT molecular complexity index is 1410. The molecule has 44 heavy (non-hydrogen) atoms. The van der Waals surface area contributed by atoms with Gasteiger partial charge in [0.25, 0.3) is 5.91 Å². The van der Waals surface area contributed by atoms with Crippen LogP contribution in [0.15, 0.2) is 24.4 Å². The van der Waals surface area contributed by atoms with E-state index in [4.69, 9.17) is 27.9 Å². The Hall–Kier alpha value is -2.45. The van der Waals surface area contributed by atoms with Gasteiger partial charge in [0.15, 0.2) is 0 Å². The Morgan fingerprint density at radius 1 is 1.14 bits per heavy atom. The van der Waals surface area contributed by atoms with Crippen LogP contribution in [-0.2, 0) is 22.8 Å². The number of amides is 2. The Balaban J connectivity index is 1.73. The maximum Gasteiger partial charge on any atom is 0.270 e. The van der Waals surface area contributed by atoms with Gasteiger partial charge in [0, 0.05) is 43.5 Å². The predicted octanol–water partition coefficient (Wildman–Crippen LogP) is 6.28. The maximum absolute atomic E-state index is 15.4. The lowest BCUT2D eigenvalue weighted by Crippen LogP contribution is -2.44. The molecule has 2 amide bonds. The summed E-state index contributed by atoms with van der Waals surface area (Å²) < 4.78 is 24.5. The van der Waals surface area contributed by atoms with E-state index in [1.54, 1.807) is 39.5 Å². The van der Waals surface area contributed by atoms with Crippen LogP contribution in [0.1, 0.15) is 41.1 Å². The molecule has 0 aliphatic rings. The molecule has 0 spiro atoms. The first kappa shape index (κ1) is 36.0. The number of carbonyl (C=O) groups is 2. The summed E-state index contributed by atoms with van der Waals surface area (Å²) in [7, 11) is -1.22. The van der Waals surface area contributed by atoms with Crippen molar-refractivity contribution in [2.45, 2.75) is 82.9 Å². The molecule has 0 saturated heterocycles. The lowest BCUT2D eigenvalue weighted by Gasteiger charge is -2.19. The van der Waals surface area contributed by atoms with Crippen molar-refractivity contribution in [3.05, 3.63) is 47.4 Å². The van der Waals surface area contributed by atoms with Gasteiger partial charge in [-0.25, -0.2) is 9.67 Å². The van der Waals surface area contributed by atoms with E-state index in [0.29, 0.717) is 42.9 Å². The van der Waals surface area contributed by atoms with Crippen molar-refractivity contribution in [1.29, 1.82) is 0 Å². The fourth-order valence-electron chi connectivity index (χ4n) is 4.50. The minimum Gasteiger partial charge on any atom is -0.360 e. The molecule has 3 heterocycles. The third-order valence-corrected chi connectivity index (χ3v) is 9.69. The highest BCUT2D eigenvalue weighted by molar-refractivity contribution is 7.98. The van der Waals surface area contributed by atoms with E-state index in [9.17, 15) is 9.59 Å². The van der Waals surface area contributed by atoms with E-state index in [0.717, 1.165) is 17.5 Å². The van der Waals surface area contributed by atoms with Gasteiger partial charge in [0.1, 0.15) is 29.1 Å².